The van der Waals surface area contributed by atoms with Crippen molar-refractivity contribution in [3.63, 3.8) is 0 Å². The zero-order valence-electron chi connectivity index (χ0n) is 12.6. The van der Waals surface area contributed by atoms with Crippen molar-refractivity contribution in [1.29, 1.82) is 0 Å². The van der Waals surface area contributed by atoms with Crippen LogP contribution in [0.15, 0.2) is 30.3 Å². The number of hydrogen-bond acceptors (Lipinski definition) is 4. The Morgan fingerprint density at radius 3 is 2.27 bits per heavy atom. The van der Waals surface area contributed by atoms with E-state index >= 15 is 0 Å². The summed E-state index contributed by atoms with van der Waals surface area (Å²) in [4.78, 5) is 22.0. The van der Waals surface area contributed by atoms with Gasteiger partial charge in [-0.15, -0.1) is 0 Å². The minimum absolute atomic E-state index is 0.0992. The minimum Gasteiger partial charge on any atom is -0.461 e. The van der Waals surface area contributed by atoms with Gasteiger partial charge in [0.25, 0.3) is 0 Å². The Labute approximate surface area is 139 Å². The van der Waals surface area contributed by atoms with Crippen molar-refractivity contribution >= 4 is 35.3 Å². The van der Waals surface area contributed by atoms with Gasteiger partial charge in [-0.25, -0.2) is 9.59 Å². The normalized spacial score (nSPS) is 12.6. The Bertz CT molecular complexity index is 500. The lowest BCUT2D eigenvalue weighted by atomic mass is 10.1. The maximum atomic E-state index is 11.9. The Morgan fingerprint density at radius 2 is 1.77 bits per heavy atom. The number of amides is 1. The summed E-state index contributed by atoms with van der Waals surface area (Å²) in [6.45, 7) is 5.18. The van der Waals surface area contributed by atoms with E-state index in [1.807, 2.05) is 18.2 Å². The molecular weight excluding hydrogens is 329 g/mol. The number of carbonyl (C=O) groups is 2. The third kappa shape index (κ3) is 7.00. The Kier molecular flexibility index (Phi) is 6.97. The monoisotopic (exact) mass is 347 g/mol. The molecule has 0 aromatic heterocycles. The highest BCUT2D eigenvalue weighted by Gasteiger charge is 2.22. The van der Waals surface area contributed by atoms with Crippen molar-refractivity contribution in [1.82, 2.24) is 5.32 Å². The van der Waals surface area contributed by atoms with E-state index < -0.39 is 28.5 Å². The molecule has 0 radical (unpaired) electrons. The molecule has 0 unspecified atom stereocenters. The predicted octanol–water partition coefficient (Wildman–Crippen LogP) is 3.60. The van der Waals surface area contributed by atoms with Crippen molar-refractivity contribution in [2.24, 2.45) is 0 Å². The number of alkyl carbamates (subject to hydrolysis) is 1. The number of nitrogens with one attached hydrogen (secondary N) is 1. The molecule has 22 heavy (non-hydrogen) atoms. The van der Waals surface area contributed by atoms with Crippen LogP contribution in [-0.2, 0) is 14.3 Å². The van der Waals surface area contributed by atoms with Gasteiger partial charge < -0.3 is 14.8 Å². The van der Waals surface area contributed by atoms with Crippen LogP contribution in [0.5, 0.6) is 0 Å². The standard InChI is InChI=1S/C15H19Cl2NO4/c1-15(2,3)22-14(20)18-11(9-21-13(19)12(16)17)10-7-5-4-6-8-10/h4-8,11-12H,9H2,1-3H3,(H,18,20)/t11-/m1/s1. The van der Waals surface area contributed by atoms with Crippen molar-refractivity contribution in [2.75, 3.05) is 6.61 Å². The van der Waals surface area contributed by atoms with E-state index in [0.29, 0.717) is 0 Å². The second-order valence-corrected chi connectivity index (χ2v) is 6.64. The molecule has 0 saturated carbocycles. The smallest absolute Gasteiger partial charge is 0.408 e. The fourth-order valence-electron chi connectivity index (χ4n) is 1.58. The highest BCUT2D eigenvalue weighted by molar-refractivity contribution is 6.52. The van der Waals surface area contributed by atoms with Crippen LogP contribution in [0.2, 0.25) is 0 Å². The highest BCUT2D eigenvalue weighted by Crippen LogP contribution is 2.16. The van der Waals surface area contributed by atoms with Crippen LogP contribution in [0.1, 0.15) is 32.4 Å². The Morgan fingerprint density at radius 1 is 1.18 bits per heavy atom. The van der Waals surface area contributed by atoms with Gasteiger partial charge in [-0.2, -0.15) is 0 Å². The van der Waals surface area contributed by atoms with Gasteiger partial charge in [-0.1, -0.05) is 53.5 Å². The van der Waals surface area contributed by atoms with Gasteiger partial charge in [0.2, 0.25) is 4.84 Å². The number of benzene rings is 1. The average molecular weight is 348 g/mol. The van der Waals surface area contributed by atoms with E-state index in [0.717, 1.165) is 5.56 Å². The van der Waals surface area contributed by atoms with Gasteiger partial charge in [-0.05, 0) is 26.3 Å². The number of carbonyl (C=O) groups excluding carboxylic acids is 2. The SMILES string of the molecule is CC(C)(C)OC(=O)N[C@H](COC(=O)C(Cl)Cl)c1ccccc1. The minimum atomic E-state index is -1.27. The van der Waals surface area contributed by atoms with Crippen LogP contribution in [0.4, 0.5) is 4.79 Å². The molecule has 1 aromatic carbocycles. The first-order valence-corrected chi connectivity index (χ1v) is 7.55. The molecule has 1 N–H and O–H groups in total. The van der Waals surface area contributed by atoms with Crippen LogP contribution in [-0.4, -0.2) is 29.1 Å². The molecule has 1 aromatic rings. The topological polar surface area (TPSA) is 64.6 Å². The lowest BCUT2D eigenvalue weighted by Crippen LogP contribution is -2.37. The van der Waals surface area contributed by atoms with Crippen molar-refractivity contribution in [3.8, 4) is 0 Å². The molecule has 1 amide bonds. The van der Waals surface area contributed by atoms with Gasteiger partial charge in [0.1, 0.15) is 12.2 Å². The molecule has 5 nitrogen and oxygen atoms in total. The van der Waals surface area contributed by atoms with Gasteiger partial charge in [0.15, 0.2) is 0 Å². The first kappa shape index (κ1) is 18.6. The Balaban J connectivity index is 2.75. The molecule has 1 atom stereocenters. The van der Waals surface area contributed by atoms with Crippen molar-refractivity contribution in [2.45, 2.75) is 37.3 Å². The highest BCUT2D eigenvalue weighted by atomic mass is 35.5. The number of alkyl halides is 2. The summed E-state index contributed by atoms with van der Waals surface area (Å²) in [5, 5.41) is 2.66. The molecule has 0 fully saturated rings. The molecule has 0 aliphatic rings. The molecule has 0 aliphatic heterocycles. The Hall–Kier alpha value is -1.46. The van der Waals surface area contributed by atoms with Crippen LogP contribution in [0.3, 0.4) is 0 Å². The average Bonchev–Trinajstić information content (AvgIpc) is 2.41. The van der Waals surface area contributed by atoms with Crippen LogP contribution in [0.25, 0.3) is 0 Å². The fraction of sp³-hybridized carbons (Fsp3) is 0.467. The van der Waals surface area contributed by atoms with Gasteiger partial charge in [0, 0.05) is 0 Å². The van der Waals surface area contributed by atoms with Crippen LogP contribution in [0, 0.1) is 0 Å². The lowest BCUT2D eigenvalue weighted by molar-refractivity contribution is -0.142. The number of hydrogen-bond donors (Lipinski definition) is 1. The quantitative estimate of drug-likeness (QED) is 0.652. The number of ether oxygens (including phenoxy) is 2. The summed E-state index contributed by atoms with van der Waals surface area (Å²) in [5.74, 6) is -0.768. The molecule has 0 bridgehead atoms. The maximum absolute atomic E-state index is 11.9. The number of esters is 1. The molecule has 122 valence electrons. The van der Waals surface area contributed by atoms with Gasteiger partial charge >= 0.3 is 12.1 Å². The second-order valence-electron chi connectivity index (χ2n) is 5.54. The second kappa shape index (κ2) is 8.25. The molecule has 0 heterocycles. The van der Waals surface area contributed by atoms with Crippen molar-refractivity contribution < 1.29 is 19.1 Å². The maximum Gasteiger partial charge on any atom is 0.408 e. The van der Waals surface area contributed by atoms with Crippen LogP contribution >= 0.6 is 23.2 Å². The summed E-state index contributed by atoms with van der Waals surface area (Å²) in [6.07, 6.45) is -0.606. The third-order valence-corrected chi connectivity index (χ3v) is 2.82. The summed E-state index contributed by atoms with van der Waals surface area (Å²) >= 11 is 10.9. The van der Waals surface area contributed by atoms with E-state index in [9.17, 15) is 9.59 Å². The van der Waals surface area contributed by atoms with Gasteiger partial charge in [-0.3, -0.25) is 0 Å². The molecule has 0 spiro atoms. The van der Waals surface area contributed by atoms with E-state index in [-0.39, 0.29) is 6.61 Å². The molecule has 0 aliphatic carbocycles. The number of halogens is 2. The number of rotatable bonds is 5. The van der Waals surface area contributed by atoms with E-state index in [4.69, 9.17) is 32.7 Å². The molecule has 7 heteroatoms. The van der Waals surface area contributed by atoms with E-state index in [1.165, 1.54) is 0 Å². The van der Waals surface area contributed by atoms with E-state index in [1.54, 1.807) is 32.9 Å². The fourth-order valence-corrected chi connectivity index (χ4v) is 1.71. The van der Waals surface area contributed by atoms with E-state index in [2.05, 4.69) is 5.32 Å². The van der Waals surface area contributed by atoms with Crippen molar-refractivity contribution in [3.05, 3.63) is 35.9 Å². The summed E-state index contributed by atoms with van der Waals surface area (Å²) in [6, 6.07) is 8.50. The molecule has 0 saturated heterocycles. The first-order chi connectivity index (χ1) is 10.2. The summed E-state index contributed by atoms with van der Waals surface area (Å²) in [7, 11) is 0. The zero-order valence-corrected chi connectivity index (χ0v) is 14.1. The zero-order chi connectivity index (χ0) is 16.8. The third-order valence-electron chi connectivity index (χ3n) is 2.46. The predicted molar refractivity (Wildman–Crippen MR) is 85.0 cm³/mol. The summed E-state index contributed by atoms with van der Waals surface area (Å²) < 4.78 is 10.2. The van der Waals surface area contributed by atoms with Crippen LogP contribution < -0.4 is 5.32 Å². The van der Waals surface area contributed by atoms with Gasteiger partial charge in [0.05, 0.1) is 6.04 Å². The first-order valence-electron chi connectivity index (χ1n) is 6.68. The molecule has 1 rings (SSSR count). The molecular formula is C15H19Cl2NO4. The summed E-state index contributed by atoms with van der Waals surface area (Å²) in [5.41, 5.74) is 0.140. The largest absolute Gasteiger partial charge is 0.461 e. The lowest BCUT2D eigenvalue weighted by Gasteiger charge is -2.24.